The third-order valence-corrected chi connectivity index (χ3v) is 6.02. The number of rotatable bonds is 10. The number of nitrogen functional groups attached to an aromatic ring is 1. The van der Waals surface area contributed by atoms with Crippen molar-refractivity contribution in [2.24, 2.45) is 5.73 Å². The minimum Gasteiger partial charge on any atom is -0.495 e. The van der Waals surface area contributed by atoms with Gasteiger partial charge in [-0.15, -0.1) is 0 Å². The Bertz CT molecular complexity index is 1260. The Labute approximate surface area is 269 Å². The van der Waals surface area contributed by atoms with Gasteiger partial charge in [-0.25, -0.2) is 14.5 Å². The van der Waals surface area contributed by atoms with Crippen LogP contribution < -0.4 is 26.6 Å². The highest BCUT2D eigenvalue weighted by atomic mass is 79.9. The summed E-state index contributed by atoms with van der Waals surface area (Å²) in [5.41, 5.74) is 11.4. The number of aryl methyl sites for hydroxylation is 1. The maximum absolute atomic E-state index is 11.6. The van der Waals surface area contributed by atoms with Crippen LogP contribution in [-0.4, -0.2) is 74.4 Å². The van der Waals surface area contributed by atoms with Gasteiger partial charge in [0, 0.05) is 35.7 Å². The summed E-state index contributed by atoms with van der Waals surface area (Å²) in [6.45, 7) is 11.0. The maximum atomic E-state index is 11.6. The van der Waals surface area contributed by atoms with Gasteiger partial charge >= 0.3 is 11.7 Å². The largest absolute Gasteiger partial charge is 0.495 e. The van der Waals surface area contributed by atoms with Crippen molar-refractivity contribution in [1.82, 2.24) is 14.8 Å². The van der Waals surface area contributed by atoms with E-state index in [2.05, 4.69) is 46.8 Å². The zero-order chi connectivity index (χ0) is 33.0. The lowest BCUT2D eigenvalue weighted by atomic mass is 10.3. The number of hydrogen-bond donors (Lipinski definition) is 3. The van der Waals surface area contributed by atoms with Crippen molar-refractivity contribution in [3.05, 3.63) is 61.7 Å². The van der Waals surface area contributed by atoms with Crippen molar-refractivity contribution in [2.75, 3.05) is 53.4 Å². The molecule has 1 aromatic heterocycles. The fourth-order valence-corrected chi connectivity index (χ4v) is 3.86. The second-order valence-corrected chi connectivity index (χ2v) is 9.89. The van der Waals surface area contributed by atoms with Gasteiger partial charge in [0.15, 0.2) is 0 Å². The highest BCUT2D eigenvalue weighted by Gasteiger charge is 2.24. The minimum atomic E-state index is -0.849. The molecule has 0 unspecified atom stereocenters. The lowest BCUT2D eigenvalue weighted by Crippen LogP contribution is -2.35. The molecule has 0 spiro atoms. The molecule has 15 heteroatoms. The Balaban J connectivity index is 0.000000580. The number of nitrogens with two attached hydrogens (primary N) is 2. The molecule has 0 saturated heterocycles. The molecule has 2 aromatic carbocycles. The molecule has 0 fully saturated rings. The number of esters is 1. The van der Waals surface area contributed by atoms with E-state index < -0.39 is 5.97 Å². The number of anilines is 1. The van der Waals surface area contributed by atoms with E-state index in [4.69, 9.17) is 35.2 Å². The molecule has 13 nitrogen and oxygen atoms in total. The van der Waals surface area contributed by atoms with E-state index in [1.165, 1.54) is 11.7 Å². The monoisotopic (exact) mass is 735 g/mol. The Hall–Kier alpha value is -2.95. The number of aromatic nitrogens is 3. The zero-order valence-corrected chi connectivity index (χ0v) is 29.0. The van der Waals surface area contributed by atoms with Gasteiger partial charge in [0.2, 0.25) is 0 Å². The topological polar surface area (TPSA) is 175 Å². The number of nitrogens with one attached hydrogen (secondary N) is 1. The van der Waals surface area contributed by atoms with Gasteiger partial charge in [-0.2, -0.15) is 5.10 Å². The quantitative estimate of drug-likeness (QED) is 0.151. The molecular weight excluding hydrogens is 694 g/mol. The third-order valence-electron chi connectivity index (χ3n) is 5.03. The third kappa shape index (κ3) is 14.9. The summed E-state index contributed by atoms with van der Waals surface area (Å²) in [6.07, 6.45) is 0. The Morgan fingerprint density at radius 1 is 0.930 bits per heavy atom. The van der Waals surface area contributed by atoms with Crippen molar-refractivity contribution in [1.29, 1.82) is 0 Å². The molecule has 3 aromatic rings. The molecule has 0 radical (unpaired) electrons. The van der Waals surface area contributed by atoms with Crippen molar-refractivity contribution >= 4 is 43.5 Å². The van der Waals surface area contributed by atoms with Crippen LogP contribution in [0.1, 0.15) is 33.5 Å². The predicted octanol–water partition coefficient (Wildman–Crippen LogP) is 4.57. The molecule has 242 valence electrons. The van der Waals surface area contributed by atoms with E-state index >= 15 is 0 Å². The molecular formula is C28H43Br2N5O8. The van der Waals surface area contributed by atoms with Crippen molar-refractivity contribution in [3.8, 4) is 17.2 Å². The zero-order valence-electron chi connectivity index (χ0n) is 25.9. The van der Waals surface area contributed by atoms with Gasteiger partial charge in [0.05, 0.1) is 39.2 Å². The number of hydrogen-bond acceptors (Lipinski definition) is 11. The first-order chi connectivity index (χ1) is 20.4. The lowest BCUT2D eigenvalue weighted by Gasteiger charge is -2.27. The van der Waals surface area contributed by atoms with Crippen LogP contribution in [0.5, 0.6) is 11.5 Å². The highest BCUT2D eigenvalue weighted by Crippen LogP contribution is 2.26. The molecule has 0 bridgehead atoms. The number of ether oxygens (including phenoxy) is 6. The summed E-state index contributed by atoms with van der Waals surface area (Å²) in [5, 5.41) is 6.24. The predicted molar refractivity (Wildman–Crippen MR) is 173 cm³/mol. The number of H-pyrrole nitrogens is 1. The van der Waals surface area contributed by atoms with Gasteiger partial charge in [-0.05, 0) is 64.1 Å². The summed E-state index contributed by atoms with van der Waals surface area (Å²) < 4.78 is 33.5. The second kappa shape index (κ2) is 21.7. The molecule has 0 atom stereocenters. The number of nitrogens with zero attached hydrogens (tertiary/aromatic N) is 2. The molecule has 0 amide bonds. The first-order valence-electron chi connectivity index (χ1n) is 13.1. The summed E-state index contributed by atoms with van der Waals surface area (Å²) in [5.74, 6) is 0.675. The molecule has 43 heavy (non-hydrogen) atoms. The number of benzene rings is 2. The maximum Gasteiger partial charge on any atom is 0.348 e. The van der Waals surface area contributed by atoms with Crippen LogP contribution in [0.3, 0.4) is 0 Å². The van der Waals surface area contributed by atoms with E-state index in [-0.39, 0.29) is 18.2 Å². The number of carbonyl (C=O) groups excluding carboxylic acids is 1. The van der Waals surface area contributed by atoms with Crippen LogP contribution in [0.25, 0.3) is 5.69 Å². The Kier molecular flexibility index (Phi) is 20.2. The minimum absolute atomic E-state index is 0.0312. The second-order valence-electron chi connectivity index (χ2n) is 8.06. The summed E-state index contributed by atoms with van der Waals surface area (Å²) in [7, 11) is 4.46. The summed E-state index contributed by atoms with van der Waals surface area (Å²) in [4.78, 5) is 21.4. The van der Waals surface area contributed by atoms with E-state index in [1.807, 2.05) is 39.0 Å². The molecule has 3 rings (SSSR count). The summed E-state index contributed by atoms with van der Waals surface area (Å²) in [6, 6.07) is 10.9. The van der Waals surface area contributed by atoms with Crippen LogP contribution in [0.15, 0.2) is 50.1 Å². The first kappa shape index (κ1) is 40.1. The molecule has 0 saturated carbocycles. The molecule has 5 N–H and O–H groups in total. The fraction of sp³-hybridized carbons (Fsp3) is 0.464. The van der Waals surface area contributed by atoms with Gasteiger partial charge in [-0.1, -0.05) is 31.9 Å². The molecule has 0 aliphatic rings. The van der Waals surface area contributed by atoms with Gasteiger partial charge in [0.1, 0.15) is 17.3 Å². The van der Waals surface area contributed by atoms with Crippen LogP contribution in [0, 0.1) is 6.92 Å². The van der Waals surface area contributed by atoms with Crippen molar-refractivity contribution < 1.29 is 33.2 Å². The standard InChI is InChI=1S/C10H10BrN3O2.C8H18O3.C7H8BrNO.C3H7NO2/c1-6-12-13-10(15)14(6)8-4-3-7(11)5-9(8)16-2;1-5-9-8(4,10-6-2)11-7-3;1-10-7-4-5(8)2-3-6(7)9;1-6-3(5)2-4/h3-5H,1-2H3,(H,13,15);5-7H2,1-4H3;2-4H,9H2,1H3;2,4H2,1H3. The van der Waals surface area contributed by atoms with E-state index in [0.29, 0.717) is 48.5 Å². The highest BCUT2D eigenvalue weighted by molar-refractivity contribution is 9.10. The lowest BCUT2D eigenvalue weighted by molar-refractivity contribution is -0.365. The van der Waals surface area contributed by atoms with Crippen molar-refractivity contribution in [3.63, 3.8) is 0 Å². The molecule has 1 heterocycles. The Morgan fingerprint density at radius 2 is 1.42 bits per heavy atom. The average Bonchev–Trinajstić information content (AvgIpc) is 3.32. The molecule has 0 aliphatic heterocycles. The Morgan fingerprint density at radius 3 is 1.77 bits per heavy atom. The van der Waals surface area contributed by atoms with E-state index in [9.17, 15) is 9.59 Å². The number of carbonyl (C=O) groups is 1. The van der Waals surface area contributed by atoms with E-state index in [0.717, 1.165) is 8.95 Å². The number of aromatic amines is 1. The SMILES string of the molecule is CCOC(C)(OCC)OCC.COC(=O)CN.COc1cc(Br)ccc1-n1c(C)n[nH]c1=O.COc1cc(Br)ccc1N. The van der Waals surface area contributed by atoms with Gasteiger partial charge in [-0.3, -0.25) is 4.79 Å². The molecule has 0 aliphatic carbocycles. The van der Waals surface area contributed by atoms with Gasteiger partial charge in [0.25, 0.3) is 5.97 Å². The number of methoxy groups -OCH3 is 3. The van der Waals surface area contributed by atoms with Crippen LogP contribution >= 0.6 is 31.9 Å². The van der Waals surface area contributed by atoms with Gasteiger partial charge < -0.3 is 39.9 Å². The summed E-state index contributed by atoms with van der Waals surface area (Å²) >= 11 is 6.65. The average molecular weight is 737 g/mol. The van der Waals surface area contributed by atoms with Crippen molar-refractivity contribution in [2.45, 2.75) is 40.6 Å². The van der Waals surface area contributed by atoms with E-state index in [1.54, 1.807) is 46.3 Å². The fourth-order valence-electron chi connectivity index (χ4n) is 3.18. The van der Waals surface area contributed by atoms with Crippen LogP contribution in [0.4, 0.5) is 5.69 Å². The normalized spacial score (nSPS) is 10.2. The van der Waals surface area contributed by atoms with Crippen LogP contribution in [-0.2, 0) is 23.7 Å². The first-order valence-corrected chi connectivity index (χ1v) is 14.7. The smallest absolute Gasteiger partial charge is 0.348 e. The number of halogens is 2. The van der Waals surface area contributed by atoms with Crippen LogP contribution in [0.2, 0.25) is 0 Å².